The fourth-order valence-corrected chi connectivity index (χ4v) is 2.29. The van der Waals surface area contributed by atoms with Gasteiger partial charge in [0, 0.05) is 23.7 Å². The molecule has 1 atom stereocenters. The molecular weight excluding hydrogens is 246 g/mol. The zero-order valence-electron chi connectivity index (χ0n) is 10.7. The van der Waals surface area contributed by atoms with Crippen LogP contribution in [0.3, 0.4) is 0 Å². The lowest BCUT2D eigenvalue weighted by Gasteiger charge is -2.07. The number of benzene rings is 1. The van der Waals surface area contributed by atoms with Gasteiger partial charge >= 0.3 is 0 Å². The van der Waals surface area contributed by atoms with Gasteiger partial charge in [0.15, 0.2) is 0 Å². The topological polar surface area (TPSA) is 54.7 Å². The normalized spacial score (nSPS) is 12.7. The van der Waals surface area contributed by atoms with Gasteiger partial charge in [-0.1, -0.05) is 36.7 Å². The SMILES string of the molecule is CCC(CN)c1nc(-c2ccccc2Cl)c(C)[nH]1. The van der Waals surface area contributed by atoms with E-state index in [1.807, 2.05) is 31.2 Å². The van der Waals surface area contributed by atoms with Gasteiger partial charge in [0.1, 0.15) is 5.82 Å². The molecule has 96 valence electrons. The first kappa shape index (κ1) is 13.1. The highest BCUT2D eigenvalue weighted by Crippen LogP contribution is 2.30. The fraction of sp³-hybridized carbons (Fsp3) is 0.357. The molecule has 1 heterocycles. The third-order valence-corrected chi connectivity index (χ3v) is 3.53. The molecule has 0 amide bonds. The summed E-state index contributed by atoms with van der Waals surface area (Å²) in [6, 6.07) is 7.75. The third kappa shape index (κ3) is 2.42. The summed E-state index contributed by atoms with van der Waals surface area (Å²) < 4.78 is 0. The van der Waals surface area contributed by atoms with E-state index in [2.05, 4.69) is 16.9 Å². The number of halogens is 1. The van der Waals surface area contributed by atoms with Crippen molar-refractivity contribution in [2.24, 2.45) is 5.73 Å². The van der Waals surface area contributed by atoms with Crippen molar-refractivity contribution in [3.05, 3.63) is 40.8 Å². The Morgan fingerprint density at radius 3 is 2.72 bits per heavy atom. The number of nitrogens with zero attached hydrogens (tertiary/aromatic N) is 1. The molecule has 0 saturated carbocycles. The molecule has 0 saturated heterocycles. The first-order valence-electron chi connectivity index (χ1n) is 6.18. The van der Waals surface area contributed by atoms with Gasteiger partial charge < -0.3 is 10.7 Å². The number of aromatic nitrogens is 2. The molecule has 3 nitrogen and oxygen atoms in total. The molecule has 18 heavy (non-hydrogen) atoms. The van der Waals surface area contributed by atoms with E-state index in [0.717, 1.165) is 34.2 Å². The second-order valence-corrected chi connectivity index (χ2v) is 4.82. The van der Waals surface area contributed by atoms with Crippen molar-refractivity contribution in [1.29, 1.82) is 0 Å². The second kappa shape index (κ2) is 5.55. The largest absolute Gasteiger partial charge is 0.345 e. The van der Waals surface area contributed by atoms with E-state index in [-0.39, 0.29) is 5.92 Å². The Labute approximate surface area is 112 Å². The number of aromatic amines is 1. The van der Waals surface area contributed by atoms with Gasteiger partial charge in [-0.25, -0.2) is 4.98 Å². The summed E-state index contributed by atoms with van der Waals surface area (Å²) in [4.78, 5) is 7.99. The fourth-order valence-electron chi connectivity index (χ4n) is 2.06. The molecule has 0 spiro atoms. The van der Waals surface area contributed by atoms with Crippen LogP contribution in [0.4, 0.5) is 0 Å². The molecule has 0 radical (unpaired) electrons. The van der Waals surface area contributed by atoms with E-state index < -0.39 is 0 Å². The molecule has 1 aromatic carbocycles. The van der Waals surface area contributed by atoms with Crippen LogP contribution in [0.2, 0.25) is 5.02 Å². The van der Waals surface area contributed by atoms with E-state index in [1.54, 1.807) is 0 Å². The van der Waals surface area contributed by atoms with Crippen LogP contribution in [0.1, 0.15) is 30.8 Å². The average molecular weight is 264 g/mol. The number of aryl methyl sites for hydroxylation is 1. The van der Waals surface area contributed by atoms with E-state index >= 15 is 0 Å². The molecule has 0 bridgehead atoms. The van der Waals surface area contributed by atoms with Crippen LogP contribution in [0.5, 0.6) is 0 Å². The lowest BCUT2D eigenvalue weighted by Crippen LogP contribution is -2.12. The van der Waals surface area contributed by atoms with Gasteiger partial charge in [0.05, 0.1) is 10.7 Å². The summed E-state index contributed by atoms with van der Waals surface area (Å²) in [5.41, 5.74) is 8.67. The lowest BCUT2D eigenvalue weighted by atomic mass is 10.1. The van der Waals surface area contributed by atoms with E-state index in [9.17, 15) is 0 Å². The number of nitrogens with one attached hydrogen (secondary N) is 1. The number of H-pyrrole nitrogens is 1. The van der Waals surface area contributed by atoms with Crippen molar-refractivity contribution in [3.8, 4) is 11.3 Å². The third-order valence-electron chi connectivity index (χ3n) is 3.20. The molecular formula is C14H18ClN3. The Kier molecular flexibility index (Phi) is 4.04. The summed E-state index contributed by atoms with van der Waals surface area (Å²) in [6.07, 6.45) is 0.978. The Hall–Kier alpha value is -1.32. The first-order chi connectivity index (χ1) is 8.67. The van der Waals surface area contributed by atoms with Crippen molar-refractivity contribution >= 4 is 11.6 Å². The minimum Gasteiger partial charge on any atom is -0.345 e. The second-order valence-electron chi connectivity index (χ2n) is 4.42. The van der Waals surface area contributed by atoms with Crippen LogP contribution in [0, 0.1) is 6.92 Å². The van der Waals surface area contributed by atoms with Gasteiger partial charge in [-0.05, 0) is 19.4 Å². The summed E-state index contributed by atoms with van der Waals surface area (Å²) in [7, 11) is 0. The average Bonchev–Trinajstić information content (AvgIpc) is 2.73. The summed E-state index contributed by atoms with van der Waals surface area (Å²) in [5.74, 6) is 1.23. The molecule has 2 aromatic rings. The molecule has 1 unspecified atom stereocenters. The summed E-state index contributed by atoms with van der Waals surface area (Å²) >= 11 is 6.21. The van der Waals surface area contributed by atoms with Crippen LogP contribution >= 0.6 is 11.6 Å². The highest BCUT2D eigenvalue weighted by atomic mass is 35.5. The van der Waals surface area contributed by atoms with Gasteiger partial charge in [0.2, 0.25) is 0 Å². The van der Waals surface area contributed by atoms with Gasteiger partial charge in [-0.15, -0.1) is 0 Å². The quantitative estimate of drug-likeness (QED) is 0.887. The van der Waals surface area contributed by atoms with Crippen LogP contribution in [-0.4, -0.2) is 16.5 Å². The summed E-state index contributed by atoms with van der Waals surface area (Å²) in [6.45, 7) is 4.73. The standard InChI is InChI=1S/C14H18ClN3/c1-3-10(8-16)14-17-9(2)13(18-14)11-6-4-5-7-12(11)15/h4-7,10H,3,8,16H2,1-2H3,(H,17,18). The van der Waals surface area contributed by atoms with Gasteiger partial charge in [-0.3, -0.25) is 0 Å². The van der Waals surface area contributed by atoms with Crippen LogP contribution in [0.25, 0.3) is 11.3 Å². The molecule has 0 fully saturated rings. The Balaban J connectivity index is 2.44. The predicted octanol–water partition coefficient (Wildman–Crippen LogP) is 3.49. The maximum Gasteiger partial charge on any atom is 0.111 e. The van der Waals surface area contributed by atoms with Gasteiger partial charge in [0.25, 0.3) is 0 Å². The lowest BCUT2D eigenvalue weighted by molar-refractivity contribution is 0.638. The molecule has 0 aliphatic heterocycles. The van der Waals surface area contributed by atoms with Crippen molar-refractivity contribution in [2.45, 2.75) is 26.2 Å². The molecule has 0 aliphatic rings. The molecule has 1 aromatic heterocycles. The molecule has 0 aliphatic carbocycles. The van der Waals surface area contributed by atoms with E-state index in [1.165, 1.54) is 0 Å². The number of rotatable bonds is 4. The highest BCUT2D eigenvalue weighted by Gasteiger charge is 2.16. The molecule has 2 rings (SSSR count). The number of hydrogen-bond donors (Lipinski definition) is 2. The zero-order valence-corrected chi connectivity index (χ0v) is 11.5. The maximum absolute atomic E-state index is 6.21. The molecule has 4 heteroatoms. The Morgan fingerprint density at radius 2 is 2.11 bits per heavy atom. The van der Waals surface area contributed by atoms with Crippen molar-refractivity contribution in [2.75, 3.05) is 6.54 Å². The highest BCUT2D eigenvalue weighted by molar-refractivity contribution is 6.33. The zero-order chi connectivity index (χ0) is 13.1. The number of hydrogen-bond acceptors (Lipinski definition) is 2. The van der Waals surface area contributed by atoms with Gasteiger partial charge in [-0.2, -0.15) is 0 Å². The van der Waals surface area contributed by atoms with E-state index in [4.69, 9.17) is 17.3 Å². The van der Waals surface area contributed by atoms with Crippen molar-refractivity contribution in [3.63, 3.8) is 0 Å². The maximum atomic E-state index is 6.21. The Morgan fingerprint density at radius 1 is 1.39 bits per heavy atom. The number of imidazole rings is 1. The molecule has 3 N–H and O–H groups in total. The van der Waals surface area contributed by atoms with Crippen LogP contribution in [0.15, 0.2) is 24.3 Å². The Bertz CT molecular complexity index is 530. The monoisotopic (exact) mass is 263 g/mol. The van der Waals surface area contributed by atoms with E-state index in [0.29, 0.717) is 6.54 Å². The van der Waals surface area contributed by atoms with Crippen molar-refractivity contribution in [1.82, 2.24) is 9.97 Å². The minimum absolute atomic E-state index is 0.278. The van der Waals surface area contributed by atoms with Crippen LogP contribution in [-0.2, 0) is 0 Å². The summed E-state index contributed by atoms with van der Waals surface area (Å²) in [5, 5.41) is 0.722. The smallest absolute Gasteiger partial charge is 0.111 e. The first-order valence-corrected chi connectivity index (χ1v) is 6.56. The predicted molar refractivity (Wildman–Crippen MR) is 75.9 cm³/mol. The number of nitrogens with two attached hydrogens (primary N) is 1. The van der Waals surface area contributed by atoms with Crippen molar-refractivity contribution < 1.29 is 0 Å². The van der Waals surface area contributed by atoms with Crippen LogP contribution < -0.4 is 5.73 Å². The minimum atomic E-state index is 0.278.